The van der Waals surface area contributed by atoms with E-state index in [1.807, 2.05) is 0 Å². The van der Waals surface area contributed by atoms with Gasteiger partial charge in [-0.25, -0.2) is 0 Å². The third kappa shape index (κ3) is 1.38. The molecule has 2 unspecified atom stereocenters. The number of fused-ring (bicyclic) bond motifs is 4. The van der Waals surface area contributed by atoms with Crippen molar-refractivity contribution < 1.29 is 0 Å². The van der Waals surface area contributed by atoms with Crippen molar-refractivity contribution in [1.29, 1.82) is 0 Å². The summed E-state index contributed by atoms with van der Waals surface area (Å²) in [5.74, 6) is 1.54. The van der Waals surface area contributed by atoms with Crippen LogP contribution >= 0.6 is 0 Å². The van der Waals surface area contributed by atoms with Crippen LogP contribution in [0.3, 0.4) is 0 Å². The predicted molar refractivity (Wildman–Crippen MR) is 76.2 cm³/mol. The molecule has 0 fully saturated rings. The summed E-state index contributed by atoms with van der Waals surface area (Å²) < 4.78 is 0. The van der Waals surface area contributed by atoms with Gasteiger partial charge in [0.15, 0.2) is 0 Å². The van der Waals surface area contributed by atoms with Crippen molar-refractivity contribution in [3.8, 4) is 0 Å². The molecule has 0 nitrogen and oxygen atoms in total. The molecule has 1 aromatic rings. The molecule has 0 bridgehead atoms. The molecule has 90 valence electrons. The van der Waals surface area contributed by atoms with Crippen LogP contribution in [0.4, 0.5) is 0 Å². The first-order chi connectivity index (χ1) is 8.95. The molecule has 0 saturated carbocycles. The lowest BCUT2D eigenvalue weighted by Gasteiger charge is -2.36. The van der Waals surface area contributed by atoms with E-state index in [9.17, 15) is 0 Å². The zero-order valence-electron chi connectivity index (χ0n) is 10.6. The van der Waals surface area contributed by atoms with Gasteiger partial charge in [-0.3, -0.25) is 0 Å². The van der Waals surface area contributed by atoms with Gasteiger partial charge in [-0.05, 0) is 59.1 Å². The van der Waals surface area contributed by atoms with Crippen LogP contribution in [0, 0.1) is 11.8 Å². The number of hydrogen-bond donors (Lipinski definition) is 0. The van der Waals surface area contributed by atoms with Crippen LogP contribution in [0.5, 0.6) is 0 Å². The van der Waals surface area contributed by atoms with E-state index in [-0.39, 0.29) is 0 Å². The molecule has 0 amide bonds. The number of benzene rings is 1. The molecule has 1 aromatic carbocycles. The van der Waals surface area contributed by atoms with Crippen LogP contribution in [0.25, 0.3) is 11.1 Å². The smallest absolute Gasteiger partial charge is 0.00838 e. The van der Waals surface area contributed by atoms with Crippen LogP contribution in [-0.4, -0.2) is 0 Å². The number of rotatable bonds is 0. The van der Waals surface area contributed by atoms with E-state index in [1.54, 1.807) is 11.1 Å². The fourth-order valence-electron chi connectivity index (χ4n) is 3.93. The maximum Gasteiger partial charge on any atom is -0.00838 e. The minimum Gasteiger partial charge on any atom is -0.0842 e. The van der Waals surface area contributed by atoms with Gasteiger partial charge in [0.1, 0.15) is 0 Å². The lowest BCUT2D eigenvalue weighted by molar-refractivity contribution is 0.434. The van der Waals surface area contributed by atoms with Crippen molar-refractivity contribution in [3.05, 3.63) is 59.0 Å². The third-order valence-electron chi connectivity index (χ3n) is 4.72. The summed E-state index contributed by atoms with van der Waals surface area (Å²) in [6.45, 7) is 0. The first-order valence-electron chi connectivity index (χ1n) is 7.12. The van der Waals surface area contributed by atoms with Crippen LogP contribution in [-0.2, 0) is 0 Å². The highest BCUT2D eigenvalue weighted by Gasteiger charge is 2.31. The monoisotopic (exact) mass is 234 g/mol. The van der Waals surface area contributed by atoms with E-state index in [1.165, 1.54) is 36.1 Å². The zero-order chi connectivity index (χ0) is 11.9. The fourth-order valence-corrected chi connectivity index (χ4v) is 3.93. The van der Waals surface area contributed by atoms with E-state index in [4.69, 9.17) is 0 Å². The summed E-state index contributed by atoms with van der Waals surface area (Å²) in [4.78, 5) is 0. The first-order valence-corrected chi connectivity index (χ1v) is 7.12. The second kappa shape index (κ2) is 3.98. The lowest BCUT2D eigenvalue weighted by atomic mass is 9.68. The lowest BCUT2D eigenvalue weighted by Crippen LogP contribution is -2.40. The molecule has 3 aliphatic rings. The molecular formula is C18H18. The van der Waals surface area contributed by atoms with E-state index in [0.29, 0.717) is 0 Å². The standard InChI is InChI=1S/C18H18/c1-2-8-14-13(7-1)15-9-3-4-11-17(15)18-12-6-5-10-16(14)18/h1-3,5,7-10,17-18H,4,6,11-12H2. The Morgan fingerprint density at radius 1 is 0.722 bits per heavy atom. The van der Waals surface area contributed by atoms with Crippen LogP contribution < -0.4 is 10.4 Å². The molecule has 2 atom stereocenters. The first kappa shape index (κ1) is 10.4. The Hall–Kier alpha value is -1.56. The highest BCUT2D eigenvalue weighted by Crippen LogP contribution is 2.41. The maximum atomic E-state index is 2.39. The van der Waals surface area contributed by atoms with E-state index in [0.717, 1.165) is 11.8 Å². The Morgan fingerprint density at radius 3 is 1.72 bits per heavy atom. The average Bonchev–Trinajstić information content (AvgIpc) is 2.48. The van der Waals surface area contributed by atoms with Crippen LogP contribution in [0.1, 0.15) is 25.7 Å². The van der Waals surface area contributed by atoms with Crippen molar-refractivity contribution in [3.63, 3.8) is 0 Å². The normalized spacial score (nSPS) is 28.7. The van der Waals surface area contributed by atoms with E-state index >= 15 is 0 Å². The highest BCUT2D eigenvalue weighted by atomic mass is 14.4. The summed E-state index contributed by atoms with van der Waals surface area (Å²) >= 11 is 0. The SMILES string of the molecule is C1=CC2=c3ccccc3=C3C=CCCC3C2CC1. The van der Waals surface area contributed by atoms with Gasteiger partial charge >= 0.3 is 0 Å². The largest absolute Gasteiger partial charge is 0.0842 e. The summed E-state index contributed by atoms with van der Waals surface area (Å²) in [7, 11) is 0. The maximum absolute atomic E-state index is 2.39. The summed E-state index contributed by atoms with van der Waals surface area (Å²) in [5.41, 5.74) is 3.20. The summed E-state index contributed by atoms with van der Waals surface area (Å²) in [6.07, 6.45) is 14.7. The fraction of sp³-hybridized carbons (Fsp3) is 0.333. The van der Waals surface area contributed by atoms with Gasteiger partial charge in [-0.2, -0.15) is 0 Å². The molecule has 0 heterocycles. The van der Waals surface area contributed by atoms with Crippen molar-refractivity contribution >= 4 is 11.1 Å². The Bertz CT molecular complexity index is 599. The molecule has 0 aromatic heterocycles. The van der Waals surface area contributed by atoms with Crippen molar-refractivity contribution in [2.75, 3.05) is 0 Å². The number of hydrogen-bond acceptors (Lipinski definition) is 0. The zero-order valence-corrected chi connectivity index (χ0v) is 10.6. The molecule has 18 heavy (non-hydrogen) atoms. The van der Waals surface area contributed by atoms with Gasteiger partial charge in [0, 0.05) is 0 Å². The third-order valence-corrected chi connectivity index (χ3v) is 4.72. The predicted octanol–water partition coefficient (Wildman–Crippen LogP) is 2.93. The van der Waals surface area contributed by atoms with Crippen molar-refractivity contribution in [2.24, 2.45) is 11.8 Å². The highest BCUT2D eigenvalue weighted by molar-refractivity contribution is 5.72. The molecule has 3 aliphatic carbocycles. The Kier molecular flexibility index (Phi) is 2.29. The average molecular weight is 234 g/mol. The van der Waals surface area contributed by atoms with Gasteiger partial charge in [0.25, 0.3) is 0 Å². The summed E-state index contributed by atoms with van der Waals surface area (Å²) in [5, 5.41) is 2.97. The quantitative estimate of drug-likeness (QED) is 0.647. The number of allylic oxidation sites excluding steroid dienone is 4. The van der Waals surface area contributed by atoms with Gasteiger partial charge in [-0.15, -0.1) is 0 Å². The molecule has 0 N–H and O–H groups in total. The minimum absolute atomic E-state index is 0.768. The molecule has 0 radical (unpaired) electrons. The summed E-state index contributed by atoms with van der Waals surface area (Å²) in [6, 6.07) is 8.97. The van der Waals surface area contributed by atoms with Gasteiger partial charge < -0.3 is 0 Å². The van der Waals surface area contributed by atoms with Gasteiger partial charge in [0.05, 0.1) is 0 Å². The second-order valence-electron chi connectivity index (χ2n) is 5.63. The van der Waals surface area contributed by atoms with E-state index in [2.05, 4.69) is 48.6 Å². The molecule has 0 heteroatoms. The Balaban J connectivity index is 2.14. The van der Waals surface area contributed by atoms with Crippen molar-refractivity contribution in [1.82, 2.24) is 0 Å². The molecule has 0 aliphatic heterocycles. The molecular weight excluding hydrogens is 216 g/mol. The van der Waals surface area contributed by atoms with Crippen molar-refractivity contribution in [2.45, 2.75) is 25.7 Å². The van der Waals surface area contributed by atoms with Crippen LogP contribution in [0.15, 0.2) is 48.6 Å². The molecule has 0 saturated heterocycles. The minimum atomic E-state index is 0.768. The molecule has 0 spiro atoms. The Labute approximate surface area is 108 Å². The van der Waals surface area contributed by atoms with E-state index < -0.39 is 0 Å². The molecule has 4 rings (SSSR count). The van der Waals surface area contributed by atoms with Gasteiger partial charge in [0.2, 0.25) is 0 Å². The van der Waals surface area contributed by atoms with Crippen LogP contribution in [0.2, 0.25) is 0 Å². The van der Waals surface area contributed by atoms with Gasteiger partial charge in [-0.1, -0.05) is 48.6 Å². The second-order valence-corrected chi connectivity index (χ2v) is 5.63. The topological polar surface area (TPSA) is 0 Å². The Morgan fingerprint density at radius 2 is 1.22 bits per heavy atom.